The third-order valence-corrected chi connectivity index (χ3v) is 14.5. The van der Waals surface area contributed by atoms with E-state index in [9.17, 15) is 19.8 Å². The van der Waals surface area contributed by atoms with E-state index in [2.05, 4.69) is 43.5 Å². The van der Waals surface area contributed by atoms with Crippen molar-refractivity contribution >= 4 is 11.9 Å². The highest BCUT2D eigenvalue weighted by atomic mass is 16.5. The lowest BCUT2D eigenvalue weighted by atomic mass is 10.0. The van der Waals surface area contributed by atoms with Gasteiger partial charge in [-0.05, 0) is 57.8 Å². The van der Waals surface area contributed by atoms with Crippen LogP contribution in [0.5, 0.6) is 0 Å². The van der Waals surface area contributed by atoms with E-state index in [0.29, 0.717) is 25.9 Å². The van der Waals surface area contributed by atoms with E-state index >= 15 is 0 Å². The highest BCUT2D eigenvalue weighted by Crippen LogP contribution is 2.18. The van der Waals surface area contributed by atoms with E-state index < -0.39 is 12.1 Å². The van der Waals surface area contributed by atoms with Crippen LogP contribution in [0, 0.1) is 0 Å². The Morgan fingerprint density at radius 3 is 1.12 bits per heavy atom. The van der Waals surface area contributed by atoms with E-state index in [1.165, 1.54) is 250 Å². The van der Waals surface area contributed by atoms with Gasteiger partial charge >= 0.3 is 5.97 Å². The van der Waals surface area contributed by atoms with Crippen LogP contribution in [-0.2, 0) is 14.3 Å². The fraction of sp³-hybridized carbons (Fsp3) is 0.905. The minimum atomic E-state index is -0.675. The smallest absolute Gasteiger partial charge is 0.305 e. The lowest BCUT2D eigenvalue weighted by Crippen LogP contribution is -2.45. The molecule has 0 saturated heterocycles. The predicted octanol–water partition coefficient (Wildman–Crippen LogP) is 19.4. The van der Waals surface area contributed by atoms with Gasteiger partial charge in [-0.25, -0.2) is 0 Å². The SMILES string of the molecule is CCCCCC/C=C\C/C=C\CCCCCCCC(=O)OCCCCCCCCCCCCCCCC(=O)NC(CO)C(O)CCCCCCCCCCCCCCCCCCCCCCCCC. The number of aliphatic hydroxyl groups excluding tert-OH is 2. The molecule has 0 aromatic carbocycles. The number of ether oxygens (including phenoxy) is 1. The van der Waals surface area contributed by atoms with Gasteiger partial charge in [0.05, 0.1) is 25.4 Å². The molecule has 0 aliphatic rings. The molecule has 0 aliphatic heterocycles. The molecule has 69 heavy (non-hydrogen) atoms. The molecule has 0 bridgehead atoms. The number of esters is 1. The zero-order valence-corrected chi connectivity index (χ0v) is 46.6. The Morgan fingerprint density at radius 1 is 0.406 bits per heavy atom. The number of hydrogen-bond acceptors (Lipinski definition) is 5. The van der Waals surface area contributed by atoms with Crippen LogP contribution >= 0.6 is 0 Å². The summed E-state index contributed by atoms with van der Waals surface area (Å²) in [5, 5.41) is 23.4. The van der Waals surface area contributed by atoms with Crippen molar-refractivity contribution in [1.82, 2.24) is 5.32 Å². The van der Waals surface area contributed by atoms with Gasteiger partial charge < -0.3 is 20.3 Å². The molecule has 2 atom stereocenters. The summed E-state index contributed by atoms with van der Waals surface area (Å²) >= 11 is 0. The molecule has 0 rings (SSSR count). The van der Waals surface area contributed by atoms with Crippen molar-refractivity contribution < 1.29 is 24.5 Å². The summed E-state index contributed by atoms with van der Waals surface area (Å²) in [6, 6.07) is -0.553. The summed E-state index contributed by atoms with van der Waals surface area (Å²) in [5.41, 5.74) is 0. The number of hydrogen-bond donors (Lipinski definition) is 3. The summed E-state index contributed by atoms with van der Waals surface area (Å²) < 4.78 is 5.47. The van der Waals surface area contributed by atoms with Gasteiger partial charge in [0, 0.05) is 12.8 Å². The Balaban J connectivity index is 3.45. The summed E-state index contributed by atoms with van der Waals surface area (Å²) in [7, 11) is 0. The second-order valence-corrected chi connectivity index (χ2v) is 21.4. The normalized spacial score (nSPS) is 12.7. The molecule has 0 radical (unpaired) electrons. The van der Waals surface area contributed by atoms with Gasteiger partial charge in [0.15, 0.2) is 0 Å². The largest absolute Gasteiger partial charge is 0.466 e. The van der Waals surface area contributed by atoms with Gasteiger partial charge in [-0.1, -0.05) is 295 Å². The van der Waals surface area contributed by atoms with E-state index in [0.717, 1.165) is 57.8 Å². The Bertz CT molecular complexity index is 1080. The Kier molecular flexibility index (Phi) is 57.5. The predicted molar refractivity (Wildman–Crippen MR) is 301 cm³/mol. The van der Waals surface area contributed by atoms with Gasteiger partial charge in [-0.15, -0.1) is 0 Å². The highest BCUT2D eigenvalue weighted by molar-refractivity contribution is 5.76. The molecule has 6 nitrogen and oxygen atoms in total. The molecule has 408 valence electrons. The standard InChI is InChI=1S/C63H121NO5/c1-3-5-7-9-11-13-15-17-19-21-22-23-24-25-26-27-28-31-35-39-43-47-51-55-61(66)60(59-65)64-62(67)56-52-48-44-40-36-32-30-34-38-42-46-50-54-58-69-63(68)57-53-49-45-41-37-33-29-20-18-16-14-12-10-8-6-4-2/h14,16,20,29,60-61,65-66H,3-13,15,17-19,21-28,30-59H2,1-2H3,(H,64,67)/b16-14-,29-20-. The first kappa shape index (κ1) is 67.3. The molecule has 6 heteroatoms. The van der Waals surface area contributed by atoms with E-state index in [1.807, 2.05) is 0 Å². The van der Waals surface area contributed by atoms with Crippen LogP contribution in [0.2, 0.25) is 0 Å². The van der Waals surface area contributed by atoms with E-state index in [-0.39, 0.29) is 18.5 Å². The minimum Gasteiger partial charge on any atom is -0.466 e. The maximum absolute atomic E-state index is 12.5. The second kappa shape index (κ2) is 58.9. The summed E-state index contributed by atoms with van der Waals surface area (Å²) in [6.45, 7) is 4.93. The molecule has 2 unspecified atom stereocenters. The summed E-state index contributed by atoms with van der Waals surface area (Å²) in [4.78, 5) is 24.6. The number of amides is 1. The van der Waals surface area contributed by atoms with Crippen molar-refractivity contribution in [3.63, 3.8) is 0 Å². The van der Waals surface area contributed by atoms with Crippen LogP contribution in [0.4, 0.5) is 0 Å². The molecular weight excluding hydrogens is 851 g/mol. The number of unbranched alkanes of at least 4 members (excludes halogenated alkanes) is 43. The number of carbonyl (C=O) groups is 2. The lowest BCUT2D eigenvalue weighted by Gasteiger charge is -2.22. The Hall–Kier alpha value is -1.66. The average Bonchev–Trinajstić information content (AvgIpc) is 3.35. The fourth-order valence-electron chi connectivity index (χ4n) is 9.73. The van der Waals surface area contributed by atoms with Gasteiger partial charge in [0.1, 0.15) is 0 Å². The number of rotatable bonds is 58. The highest BCUT2D eigenvalue weighted by Gasteiger charge is 2.20. The Labute approximate surface area is 431 Å². The molecule has 0 heterocycles. The van der Waals surface area contributed by atoms with Gasteiger partial charge in [-0.2, -0.15) is 0 Å². The summed E-state index contributed by atoms with van der Waals surface area (Å²) in [6.07, 6.45) is 71.8. The van der Waals surface area contributed by atoms with Crippen LogP contribution in [0.15, 0.2) is 24.3 Å². The number of allylic oxidation sites excluding steroid dienone is 4. The van der Waals surface area contributed by atoms with Gasteiger partial charge in [-0.3, -0.25) is 9.59 Å². The Morgan fingerprint density at radius 2 is 0.725 bits per heavy atom. The molecule has 0 aromatic heterocycles. The molecular formula is C63H121NO5. The molecule has 0 aromatic rings. The van der Waals surface area contributed by atoms with E-state index in [1.54, 1.807) is 0 Å². The fourth-order valence-corrected chi connectivity index (χ4v) is 9.73. The lowest BCUT2D eigenvalue weighted by molar-refractivity contribution is -0.143. The number of nitrogens with one attached hydrogen (secondary N) is 1. The van der Waals surface area contributed by atoms with Crippen LogP contribution in [0.1, 0.15) is 341 Å². The zero-order chi connectivity index (χ0) is 50.0. The van der Waals surface area contributed by atoms with Crippen molar-refractivity contribution in [2.45, 2.75) is 353 Å². The molecule has 0 fully saturated rings. The van der Waals surface area contributed by atoms with Crippen LogP contribution in [0.25, 0.3) is 0 Å². The quantitative estimate of drug-likeness (QED) is 0.0321. The molecule has 0 aliphatic carbocycles. The zero-order valence-electron chi connectivity index (χ0n) is 46.6. The first-order valence-electron chi connectivity index (χ1n) is 31.1. The first-order chi connectivity index (χ1) is 34.0. The first-order valence-corrected chi connectivity index (χ1v) is 31.1. The third-order valence-electron chi connectivity index (χ3n) is 14.5. The number of carbonyl (C=O) groups excluding carboxylic acids is 2. The van der Waals surface area contributed by atoms with Crippen LogP contribution in [0.3, 0.4) is 0 Å². The van der Waals surface area contributed by atoms with E-state index in [4.69, 9.17) is 4.74 Å². The minimum absolute atomic E-state index is 0.0178. The van der Waals surface area contributed by atoms with Gasteiger partial charge in [0.25, 0.3) is 0 Å². The van der Waals surface area contributed by atoms with Crippen molar-refractivity contribution in [3.8, 4) is 0 Å². The molecule has 1 amide bonds. The van der Waals surface area contributed by atoms with Crippen LogP contribution < -0.4 is 5.32 Å². The molecule has 3 N–H and O–H groups in total. The van der Waals surface area contributed by atoms with Crippen molar-refractivity contribution in [3.05, 3.63) is 24.3 Å². The van der Waals surface area contributed by atoms with Crippen molar-refractivity contribution in [2.75, 3.05) is 13.2 Å². The maximum atomic E-state index is 12.5. The summed E-state index contributed by atoms with van der Waals surface area (Å²) in [5.74, 6) is -0.0628. The molecule has 0 saturated carbocycles. The topological polar surface area (TPSA) is 95.9 Å². The third kappa shape index (κ3) is 55.5. The van der Waals surface area contributed by atoms with Gasteiger partial charge in [0.2, 0.25) is 5.91 Å². The average molecular weight is 973 g/mol. The molecule has 0 spiro atoms. The second-order valence-electron chi connectivity index (χ2n) is 21.4. The van der Waals surface area contributed by atoms with Crippen LogP contribution in [-0.4, -0.2) is 47.4 Å². The van der Waals surface area contributed by atoms with Crippen molar-refractivity contribution in [1.29, 1.82) is 0 Å². The monoisotopic (exact) mass is 972 g/mol. The van der Waals surface area contributed by atoms with Crippen molar-refractivity contribution in [2.24, 2.45) is 0 Å². The maximum Gasteiger partial charge on any atom is 0.305 e. The number of aliphatic hydroxyl groups is 2.